The summed E-state index contributed by atoms with van der Waals surface area (Å²) in [5.74, 6) is -2.39. The molecule has 0 aliphatic heterocycles. The van der Waals surface area contributed by atoms with Crippen LogP contribution in [0.15, 0.2) is 24.3 Å². The van der Waals surface area contributed by atoms with Crippen LogP contribution in [0.2, 0.25) is 0 Å². The normalized spacial score (nSPS) is 20.0. The van der Waals surface area contributed by atoms with Crippen LogP contribution in [0.3, 0.4) is 0 Å². The summed E-state index contributed by atoms with van der Waals surface area (Å²) in [4.78, 5) is 34.0. The Hall–Kier alpha value is -2.37. The summed E-state index contributed by atoms with van der Waals surface area (Å²) in [5, 5.41) is 14.2. The second-order valence-electron chi connectivity index (χ2n) is 5.50. The Morgan fingerprint density at radius 3 is 2.00 bits per heavy atom. The fourth-order valence-corrected chi connectivity index (χ4v) is 1.92. The van der Waals surface area contributed by atoms with Crippen molar-refractivity contribution in [3.05, 3.63) is 24.3 Å². The van der Waals surface area contributed by atoms with E-state index in [0.717, 1.165) is 0 Å². The highest BCUT2D eigenvalue weighted by Crippen LogP contribution is 2.39. The first-order valence-corrected chi connectivity index (χ1v) is 6.83. The Labute approximate surface area is 122 Å². The summed E-state index contributed by atoms with van der Waals surface area (Å²) in [6.45, 7) is 3.61. The van der Waals surface area contributed by atoms with Gasteiger partial charge >= 0.3 is 5.97 Å². The number of aliphatic carboxylic acids is 1. The first-order chi connectivity index (χ1) is 9.88. The van der Waals surface area contributed by atoms with Gasteiger partial charge in [-0.1, -0.05) is 13.8 Å². The van der Waals surface area contributed by atoms with Crippen LogP contribution in [0, 0.1) is 17.8 Å². The molecule has 0 aromatic heterocycles. The van der Waals surface area contributed by atoms with Gasteiger partial charge in [-0.25, -0.2) is 0 Å². The highest BCUT2D eigenvalue weighted by atomic mass is 16.4. The molecule has 0 radical (unpaired) electrons. The molecule has 2 atom stereocenters. The second kappa shape index (κ2) is 5.95. The molecular weight excluding hydrogens is 272 g/mol. The van der Waals surface area contributed by atoms with E-state index in [1.54, 1.807) is 38.1 Å². The van der Waals surface area contributed by atoms with E-state index in [-0.39, 0.29) is 17.7 Å². The zero-order chi connectivity index (χ0) is 15.6. The summed E-state index contributed by atoms with van der Waals surface area (Å²) in [5.41, 5.74) is 1.24. The molecule has 0 unspecified atom stereocenters. The molecule has 3 N–H and O–H groups in total. The molecule has 1 fully saturated rings. The molecule has 0 heterocycles. The van der Waals surface area contributed by atoms with E-state index >= 15 is 0 Å². The number of benzene rings is 1. The summed E-state index contributed by atoms with van der Waals surface area (Å²) in [7, 11) is 0. The molecule has 21 heavy (non-hydrogen) atoms. The van der Waals surface area contributed by atoms with Crippen molar-refractivity contribution in [1.29, 1.82) is 0 Å². The van der Waals surface area contributed by atoms with Crippen molar-refractivity contribution >= 4 is 29.2 Å². The summed E-state index contributed by atoms with van der Waals surface area (Å²) in [6, 6.07) is 6.73. The van der Waals surface area contributed by atoms with Crippen LogP contribution in [0.1, 0.15) is 20.3 Å². The van der Waals surface area contributed by atoms with Crippen molar-refractivity contribution in [2.24, 2.45) is 17.8 Å². The topological polar surface area (TPSA) is 95.5 Å². The molecule has 0 spiro atoms. The minimum absolute atomic E-state index is 0.0749. The predicted octanol–water partition coefficient (Wildman–Crippen LogP) is 1.94. The van der Waals surface area contributed by atoms with Gasteiger partial charge in [0.15, 0.2) is 0 Å². The largest absolute Gasteiger partial charge is 0.481 e. The maximum absolute atomic E-state index is 11.8. The first kappa shape index (κ1) is 15.0. The van der Waals surface area contributed by atoms with Crippen LogP contribution < -0.4 is 10.6 Å². The van der Waals surface area contributed by atoms with Gasteiger partial charge in [-0.15, -0.1) is 0 Å². The number of carbonyl (C=O) groups is 3. The van der Waals surface area contributed by atoms with E-state index in [9.17, 15) is 14.4 Å². The lowest BCUT2D eigenvalue weighted by Gasteiger charge is -2.09. The zero-order valence-corrected chi connectivity index (χ0v) is 11.9. The summed E-state index contributed by atoms with van der Waals surface area (Å²) >= 11 is 0. The van der Waals surface area contributed by atoms with Crippen LogP contribution >= 0.6 is 0 Å². The molecule has 1 aromatic carbocycles. The van der Waals surface area contributed by atoms with E-state index in [0.29, 0.717) is 17.8 Å². The van der Waals surface area contributed by atoms with Crippen molar-refractivity contribution in [3.63, 3.8) is 0 Å². The van der Waals surface area contributed by atoms with E-state index in [1.807, 2.05) is 0 Å². The van der Waals surface area contributed by atoms with E-state index in [1.165, 1.54) is 0 Å². The smallest absolute Gasteiger partial charge is 0.307 e. The van der Waals surface area contributed by atoms with Gasteiger partial charge in [0.1, 0.15) is 0 Å². The van der Waals surface area contributed by atoms with Gasteiger partial charge in [0.05, 0.1) is 11.8 Å². The van der Waals surface area contributed by atoms with Crippen LogP contribution in [-0.2, 0) is 14.4 Å². The number of rotatable bonds is 5. The molecule has 2 amide bonds. The third-order valence-corrected chi connectivity index (χ3v) is 3.39. The molecule has 1 saturated carbocycles. The van der Waals surface area contributed by atoms with Crippen molar-refractivity contribution in [2.75, 3.05) is 10.6 Å². The molecule has 2 rings (SSSR count). The lowest BCUT2D eigenvalue weighted by Crippen LogP contribution is -2.18. The minimum atomic E-state index is -0.929. The predicted molar refractivity (Wildman–Crippen MR) is 77.8 cm³/mol. The van der Waals surface area contributed by atoms with Gasteiger partial charge in [-0.2, -0.15) is 0 Å². The second-order valence-corrected chi connectivity index (χ2v) is 5.50. The fourth-order valence-electron chi connectivity index (χ4n) is 1.92. The molecule has 0 saturated heterocycles. The summed E-state index contributed by atoms with van der Waals surface area (Å²) < 4.78 is 0. The van der Waals surface area contributed by atoms with Crippen LogP contribution in [0.5, 0.6) is 0 Å². The lowest BCUT2D eigenvalue weighted by atomic mass is 10.2. The molecule has 1 aliphatic carbocycles. The molecule has 1 aliphatic rings. The third kappa shape index (κ3) is 3.81. The SMILES string of the molecule is CC(C)C(=O)Nc1ccc(NC(=O)[C@@H]2C[C@@H]2C(=O)O)cc1. The van der Waals surface area contributed by atoms with E-state index < -0.39 is 17.8 Å². The number of amides is 2. The Kier molecular flexibility index (Phi) is 4.26. The monoisotopic (exact) mass is 290 g/mol. The lowest BCUT2D eigenvalue weighted by molar-refractivity contribution is -0.139. The quantitative estimate of drug-likeness (QED) is 0.772. The van der Waals surface area contributed by atoms with Gasteiger partial charge < -0.3 is 15.7 Å². The molecule has 6 nitrogen and oxygen atoms in total. The van der Waals surface area contributed by atoms with Gasteiger partial charge in [-0.3, -0.25) is 14.4 Å². The van der Waals surface area contributed by atoms with Crippen molar-refractivity contribution in [1.82, 2.24) is 0 Å². The molecule has 1 aromatic rings. The highest BCUT2D eigenvalue weighted by molar-refractivity contribution is 5.98. The number of hydrogen-bond donors (Lipinski definition) is 3. The highest BCUT2D eigenvalue weighted by Gasteiger charge is 2.48. The average molecular weight is 290 g/mol. The van der Waals surface area contributed by atoms with Gasteiger partial charge in [-0.05, 0) is 30.7 Å². The number of hydrogen-bond acceptors (Lipinski definition) is 3. The Morgan fingerprint density at radius 1 is 1.05 bits per heavy atom. The van der Waals surface area contributed by atoms with Gasteiger partial charge in [0.2, 0.25) is 11.8 Å². The van der Waals surface area contributed by atoms with Crippen LogP contribution in [-0.4, -0.2) is 22.9 Å². The number of carboxylic acids is 1. The minimum Gasteiger partial charge on any atom is -0.481 e. The van der Waals surface area contributed by atoms with Crippen molar-refractivity contribution < 1.29 is 19.5 Å². The Bertz CT molecular complexity index is 566. The molecule has 112 valence electrons. The third-order valence-electron chi connectivity index (χ3n) is 3.39. The van der Waals surface area contributed by atoms with Gasteiger partial charge in [0, 0.05) is 17.3 Å². The van der Waals surface area contributed by atoms with Gasteiger partial charge in [0.25, 0.3) is 0 Å². The number of carboxylic acid groups (broad SMARTS) is 1. The van der Waals surface area contributed by atoms with Crippen LogP contribution in [0.4, 0.5) is 11.4 Å². The number of nitrogens with one attached hydrogen (secondary N) is 2. The maximum atomic E-state index is 11.8. The van der Waals surface area contributed by atoms with E-state index in [2.05, 4.69) is 10.6 Å². The first-order valence-electron chi connectivity index (χ1n) is 6.83. The number of anilines is 2. The van der Waals surface area contributed by atoms with E-state index in [4.69, 9.17) is 5.11 Å². The fraction of sp³-hybridized carbons (Fsp3) is 0.400. The van der Waals surface area contributed by atoms with Crippen LogP contribution in [0.25, 0.3) is 0 Å². The van der Waals surface area contributed by atoms with Crippen molar-refractivity contribution in [3.8, 4) is 0 Å². The van der Waals surface area contributed by atoms with Crippen molar-refractivity contribution in [2.45, 2.75) is 20.3 Å². The average Bonchev–Trinajstić information content (AvgIpc) is 3.21. The number of carbonyl (C=O) groups excluding carboxylic acids is 2. The molecule has 6 heteroatoms. The standard InChI is InChI=1S/C15H18N2O4/c1-8(2)13(18)16-9-3-5-10(6-4-9)17-14(19)11-7-12(11)15(20)21/h3-6,8,11-12H,7H2,1-2H3,(H,16,18)(H,17,19)(H,20,21)/t11-,12+/m1/s1. The Morgan fingerprint density at radius 2 is 1.57 bits per heavy atom. The maximum Gasteiger partial charge on any atom is 0.307 e. The molecular formula is C15H18N2O4. The summed E-state index contributed by atoms with van der Waals surface area (Å²) in [6.07, 6.45) is 0.393. The molecule has 0 bridgehead atoms. The zero-order valence-electron chi connectivity index (χ0n) is 11.9. The Balaban J connectivity index is 1.90.